The number of nitrogens with zero attached hydrogens (tertiary/aromatic N) is 1. The van der Waals surface area contributed by atoms with Crippen molar-refractivity contribution >= 4 is 24.1 Å². The lowest BCUT2D eigenvalue weighted by Gasteiger charge is -2.22. The monoisotopic (exact) mass is 236 g/mol. The fourth-order valence-electron chi connectivity index (χ4n) is 0.827. The molecule has 0 heterocycles. The molecule has 0 aliphatic rings. The highest BCUT2D eigenvalue weighted by molar-refractivity contribution is 5.89. The third kappa shape index (κ3) is 6.47. The van der Waals surface area contributed by atoms with Crippen molar-refractivity contribution in [2.75, 3.05) is 27.2 Å². The zero-order chi connectivity index (χ0) is 11.4. The van der Waals surface area contributed by atoms with Crippen molar-refractivity contribution in [1.29, 1.82) is 0 Å². The van der Waals surface area contributed by atoms with Crippen molar-refractivity contribution in [1.82, 2.24) is 10.2 Å². The molecular formula is C10H21ClN2O2. The van der Waals surface area contributed by atoms with Gasteiger partial charge < -0.3 is 10.2 Å². The molecule has 0 aliphatic heterocycles. The lowest BCUT2D eigenvalue weighted by Crippen LogP contribution is -2.40. The highest BCUT2D eigenvalue weighted by atomic mass is 35.5. The number of likely N-dealkylation sites (N-methyl/N-ethyl adjacent to an activating group) is 2. The van der Waals surface area contributed by atoms with Crippen LogP contribution in [0.3, 0.4) is 0 Å². The van der Waals surface area contributed by atoms with Crippen LogP contribution < -0.4 is 5.32 Å². The number of hydrogen-bond donors (Lipinski definition) is 1. The predicted molar refractivity (Wildman–Crippen MR) is 63.3 cm³/mol. The highest BCUT2D eigenvalue weighted by Crippen LogP contribution is 2.14. The van der Waals surface area contributed by atoms with E-state index in [1.165, 1.54) is 4.90 Å². The van der Waals surface area contributed by atoms with E-state index in [4.69, 9.17) is 0 Å². The second-order valence-electron chi connectivity index (χ2n) is 4.45. The van der Waals surface area contributed by atoms with E-state index in [2.05, 4.69) is 5.32 Å². The summed E-state index contributed by atoms with van der Waals surface area (Å²) in [6, 6.07) is 0. The number of Topliss-reactive ketones (excluding diaryl/α,β-unsaturated/α-hetero) is 1. The fourth-order valence-corrected chi connectivity index (χ4v) is 0.827. The van der Waals surface area contributed by atoms with E-state index >= 15 is 0 Å². The number of ketones is 1. The summed E-state index contributed by atoms with van der Waals surface area (Å²) in [4.78, 5) is 24.3. The molecule has 1 N–H and O–H groups in total. The summed E-state index contributed by atoms with van der Waals surface area (Å²) in [5, 5.41) is 2.76. The summed E-state index contributed by atoms with van der Waals surface area (Å²) in [6.45, 7) is 6.01. The topological polar surface area (TPSA) is 49.4 Å². The van der Waals surface area contributed by atoms with Gasteiger partial charge in [-0.15, -0.1) is 12.4 Å². The minimum absolute atomic E-state index is 0. The molecule has 0 rings (SSSR count). The quantitative estimate of drug-likeness (QED) is 0.782. The summed E-state index contributed by atoms with van der Waals surface area (Å²) in [5.74, 6) is 0.00885. The SMILES string of the molecule is CNCC(=O)N(C)CC(=O)C(C)(C)C.Cl. The first-order chi connectivity index (χ1) is 6.29. The second-order valence-corrected chi connectivity index (χ2v) is 4.45. The normalized spacial score (nSPS) is 10.5. The maximum absolute atomic E-state index is 11.6. The largest absolute Gasteiger partial charge is 0.337 e. The standard InChI is InChI=1S/C10H20N2O2.ClH/c1-10(2,3)8(13)7-12(5)9(14)6-11-4;/h11H,6-7H2,1-5H3;1H. The number of nitrogens with one attached hydrogen (secondary N) is 1. The summed E-state index contributed by atoms with van der Waals surface area (Å²) in [6.07, 6.45) is 0. The maximum Gasteiger partial charge on any atom is 0.236 e. The van der Waals surface area contributed by atoms with Crippen molar-refractivity contribution in [2.24, 2.45) is 5.41 Å². The summed E-state index contributed by atoms with van der Waals surface area (Å²) in [7, 11) is 3.35. The molecule has 0 aliphatic carbocycles. The van der Waals surface area contributed by atoms with E-state index in [-0.39, 0.29) is 42.6 Å². The molecule has 0 aromatic heterocycles. The number of carbonyl (C=O) groups is 2. The molecular weight excluding hydrogens is 216 g/mol. The van der Waals surface area contributed by atoms with Crippen LogP contribution in [0.5, 0.6) is 0 Å². The number of hydrogen-bond acceptors (Lipinski definition) is 3. The zero-order valence-corrected chi connectivity index (χ0v) is 10.9. The van der Waals surface area contributed by atoms with Crippen molar-refractivity contribution in [3.8, 4) is 0 Å². The van der Waals surface area contributed by atoms with Crippen LogP contribution >= 0.6 is 12.4 Å². The Balaban J connectivity index is 0. The Morgan fingerprint density at radius 2 is 1.73 bits per heavy atom. The Hall–Kier alpha value is -0.610. The second kappa shape index (κ2) is 6.80. The van der Waals surface area contributed by atoms with Gasteiger partial charge in [0.15, 0.2) is 5.78 Å². The van der Waals surface area contributed by atoms with Crippen LogP contribution in [0.15, 0.2) is 0 Å². The summed E-state index contributed by atoms with van der Waals surface area (Å²) < 4.78 is 0. The number of carbonyl (C=O) groups excluding carboxylic acids is 2. The van der Waals surface area contributed by atoms with Crippen LogP contribution in [0.25, 0.3) is 0 Å². The van der Waals surface area contributed by atoms with Gasteiger partial charge in [0.05, 0.1) is 13.1 Å². The van der Waals surface area contributed by atoms with Crippen LogP contribution in [0.1, 0.15) is 20.8 Å². The molecule has 0 unspecified atom stereocenters. The van der Waals surface area contributed by atoms with Gasteiger partial charge in [-0.3, -0.25) is 9.59 Å². The molecule has 1 amide bonds. The number of rotatable bonds is 4. The summed E-state index contributed by atoms with van der Waals surface area (Å²) >= 11 is 0. The smallest absolute Gasteiger partial charge is 0.236 e. The average molecular weight is 237 g/mol. The Kier molecular flexibility index (Phi) is 7.62. The van der Waals surface area contributed by atoms with Gasteiger partial charge in [0, 0.05) is 12.5 Å². The number of halogens is 1. The van der Waals surface area contributed by atoms with E-state index in [9.17, 15) is 9.59 Å². The van der Waals surface area contributed by atoms with E-state index in [0.29, 0.717) is 0 Å². The average Bonchev–Trinajstić information content (AvgIpc) is 2.02. The highest BCUT2D eigenvalue weighted by Gasteiger charge is 2.23. The fraction of sp³-hybridized carbons (Fsp3) is 0.800. The van der Waals surface area contributed by atoms with Crippen molar-refractivity contribution in [3.05, 3.63) is 0 Å². The van der Waals surface area contributed by atoms with Crippen LogP contribution in [0.4, 0.5) is 0 Å². The zero-order valence-electron chi connectivity index (χ0n) is 10.1. The molecule has 0 radical (unpaired) electrons. The number of amides is 1. The third-order valence-corrected chi connectivity index (χ3v) is 1.97. The molecule has 0 fully saturated rings. The predicted octanol–water partition coefficient (Wildman–Crippen LogP) is 0.701. The van der Waals surface area contributed by atoms with E-state index < -0.39 is 0 Å². The minimum Gasteiger partial charge on any atom is -0.337 e. The lowest BCUT2D eigenvalue weighted by molar-refractivity contribution is -0.136. The van der Waals surface area contributed by atoms with Crippen molar-refractivity contribution in [3.63, 3.8) is 0 Å². The molecule has 0 spiro atoms. The molecule has 4 nitrogen and oxygen atoms in total. The van der Waals surface area contributed by atoms with Crippen LogP contribution in [0.2, 0.25) is 0 Å². The van der Waals surface area contributed by atoms with Gasteiger partial charge in [0.2, 0.25) is 5.91 Å². The summed E-state index contributed by atoms with van der Waals surface area (Å²) in [5.41, 5.74) is -0.381. The first-order valence-electron chi connectivity index (χ1n) is 4.71. The molecule has 0 saturated carbocycles. The van der Waals surface area contributed by atoms with Crippen LogP contribution in [-0.4, -0.2) is 43.8 Å². The Morgan fingerprint density at radius 3 is 2.07 bits per heavy atom. The Bertz CT molecular complexity index is 224. The van der Waals surface area contributed by atoms with Crippen molar-refractivity contribution < 1.29 is 9.59 Å². The maximum atomic E-state index is 11.6. The van der Waals surface area contributed by atoms with Gasteiger partial charge in [0.25, 0.3) is 0 Å². The van der Waals surface area contributed by atoms with E-state index in [1.54, 1.807) is 14.1 Å². The van der Waals surface area contributed by atoms with Crippen LogP contribution in [-0.2, 0) is 9.59 Å². The lowest BCUT2D eigenvalue weighted by atomic mass is 9.90. The molecule has 0 atom stereocenters. The van der Waals surface area contributed by atoms with E-state index in [0.717, 1.165) is 0 Å². The van der Waals surface area contributed by atoms with Gasteiger partial charge in [-0.1, -0.05) is 20.8 Å². The van der Waals surface area contributed by atoms with Crippen molar-refractivity contribution in [2.45, 2.75) is 20.8 Å². The minimum atomic E-state index is -0.381. The molecule has 0 bridgehead atoms. The van der Waals surface area contributed by atoms with Gasteiger partial charge in [-0.2, -0.15) is 0 Å². The van der Waals surface area contributed by atoms with Crippen LogP contribution in [0, 0.1) is 5.41 Å². The Morgan fingerprint density at radius 1 is 1.27 bits per heavy atom. The first kappa shape index (κ1) is 16.8. The molecule has 0 aromatic rings. The molecule has 5 heteroatoms. The third-order valence-electron chi connectivity index (χ3n) is 1.97. The van der Waals surface area contributed by atoms with Gasteiger partial charge in [-0.25, -0.2) is 0 Å². The van der Waals surface area contributed by atoms with Gasteiger partial charge in [0.1, 0.15) is 0 Å². The van der Waals surface area contributed by atoms with Gasteiger partial charge in [-0.05, 0) is 7.05 Å². The molecule has 0 aromatic carbocycles. The first-order valence-corrected chi connectivity index (χ1v) is 4.71. The molecule has 15 heavy (non-hydrogen) atoms. The van der Waals surface area contributed by atoms with Gasteiger partial charge >= 0.3 is 0 Å². The molecule has 90 valence electrons. The Labute approximate surface area is 97.8 Å². The van der Waals surface area contributed by atoms with E-state index in [1.807, 2.05) is 20.8 Å². The molecule has 0 saturated heterocycles.